The minimum absolute atomic E-state index is 0.113. The lowest BCUT2D eigenvalue weighted by molar-refractivity contribution is 0.226. The lowest BCUT2D eigenvalue weighted by Crippen LogP contribution is -2.53. The van der Waals surface area contributed by atoms with Crippen molar-refractivity contribution in [3.8, 4) is 6.07 Å². The van der Waals surface area contributed by atoms with Crippen molar-refractivity contribution in [3.05, 3.63) is 65.5 Å². The van der Waals surface area contributed by atoms with E-state index >= 15 is 0 Å². The molecule has 27 heavy (non-hydrogen) atoms. The number of nitrogens with one attached hydrogen (secondary N) is 2. The third kappa shape index (κ3) is 5.05. The van der Waals surface area contributed by atoms with E-state index in [9.17, 15) is 9.18 Å². The molecule has 0 spiro atoms. The summed E-state index contributed by atoms with van der Waals surface area (Å²) < 4.78 is 13.1. The fourth-order valence-electron chi connectivity index (χ4n) is 3.39. The first kappa shape index (κ1) is 18.9. The second-order valence-corrected chi connectivity index (χ2v) is 6.90. The van der Waals surface area contributed by atoms with Crippen LogP contribution in [0, 0.1) is 23.1 Å². The summed E-state index contributed by atoms with van der Waals surface area (Å²) in [6, 6.07) is 15.4. The topological polar surface area (TPSA) is 68.2 Å². The summed E-state index contributed by atoms with van der Waals surface area (Å²) >= 11 is 0. The van der Waals surface area contributed by atoms with E-state index in [0.717, 1.165) is 31.4 Å². The maximum atomic E-state index is 13.1. The van der Waals surface area contributed by atoms with Crippen molar-refractivity contribution in [2.45, 2.75) is 25.4 Å². The number of carbonyl (C=O) groups excluding carboxylic acids is 1. The van der Waals surface area contributed by atoms with Gasteiger partial charge in [-0.05, 0) is 67.6 Å². The summed E-state index contributed by atoms with van der Waals surface area (Å²) in [5, 5.41) is 15.4. The summed E-state index contributed by atoms with van der Waals surface area (Å²) in [5.41, 5.74) is 2.30. The summed E-state index contributed by atoms with van der Waals surface area (Å²) in [7, 11) is 1.69. The molecule has 1 saturated heterocycles. The number of nitrogens with zero attached hydrogens (tertiary/aromatic N) is 2. The lowest BCUT2D eigenvalue weighted by Gasteiger charge is -2.32. The number of rotatable bonds is 4. The van der Waals surface area contributed by atoms with Gasteiger partial charge in [0.05, 0.1) is 17.8 Å². The molecule has 0 aromatic heterocycles. The van der Waals surface area contributed by atoms with Gasteiger partial charge >= 0.3 is 6.03 Å². The molecule has 2 N–H and O–H groups in total. The van der Waals surface area contributed by atoms with Crippen LogP contribution in [0.1, 0.15) is 24.0 Å². The number of piperidine rings is 1. The van der Waals surface area contributed by atoms with Crippen LogP contribution in [0.2, 0.25) is 0 Å². The molecule has 2 atom stereocenters. The van der Waals surface area contributed by atoms with Gasteiger partial charge in [-0.2, -0.15) is 5.26 Å². The standard InChI is InChI=1S/C21H23FN4O/c1-26(19-4-2-3-17(12-19)14-23)21(27)25-20-13-16(9-10-24-20)11-15-5-7-18(22)8-6-15/h2-8,12,16,20,24H,9-11,13H2,1H3,(H,25,27)/t16-,20+/m1/s1. The Bertz CT molecular complexity index is 831. The molecular weight excluding hydrogens is 343 g/mol. The van der Waals surface area contributed by atoms with Crippen molar-refractivity contribution in [1.82, 2.24) is 10.6 Å². The Morgan fingerprint density at radius 3 is 2.85 bits per heavy atom. The highest BCUT2D eigenvalue weighted by molar-refractivity contribution is 5.91. The van der Waals surface area contributed by atoms with Crippen LogP contribution < -0.4 is 15.5 Å². The van der Waals surface area contributed by atoms with Crippen molar-refractivity contribution >= 4 is 11.7 Å². The van der Waals surface area contributed by atoms with Gasteiger partial charge in [-0.3, -0.25) is 10.2 Å². The molecule has 1 aliphatic rings. The molecule has 1 aliphatic heterocycles. The number of amides is 2. The Labute approximate surface area is 158 Å². The highest BCUT2D eigenvalue weighted by Crippen LogP contribution is 2.21. The zero-order valence-electron chi connectivity index (χ0n) is 15.3. The molecule has 5 nitrogen and oxygen atoms in total. The largest absolute Gasteiger partial charge is 0.322 e. The Morgan fingerprint density at radius 1 is 1.33 bits per heavy atom. The van der Waals surface area contributed by atoms with Crippen LogP contribution >= 0.6 is 0 Å². The molecule has 0 bridgehead atoms. The Kier molecular flexibility index (Phi) is 6.05. The highest BCUT2D eigenvalue weighted by Gasteiger charge is 2.24. The van der Waals surface area contributed by atoms with Crippen LogP contribution in [-0.2, 0) is 6.42 Å². The Hall–Kier alpha value is -2.91. The third-order valence-corrected chi connectivity index (χ3v) is 4.91. The van der Waals surface area contributed by atoms with Crippen molar-refractivity contribution in [2.75, 3.05) is 18.5 Å². The molecule has 0 saturated carbocycles. The van der Waals surface area contributed by atoms with E-state index in [1.807, 2.05) is 12.1 Å². The zero-order valence-corrected chi connectivity index (χ0v) is 15.3. The lowest BCUT2D eigenvalue weighted by atomic mass is 9.89. The van der Waals surface area contributed by atoms with Crippen molar-refractivity contribution in [2.24, 2.45) is 5.92 Å². The third-order valence-electron chi connectivity index (χ3n) is 4.91. The zero-order chi connectivity index (χ0) is 19.2. The summed E-state index contributed by atoms with van der Waals surface area (Å²) in [5.74, 6) is 0.201. The minimum Gasteiger partial charge on any atom is -0.322 e. The Balaban J connectivity index is 1.57. The van der Waals surface area contributed by atoms with Gasteiger partial charge in [-0.15, -0.1) is 0 Å². The second-order valence-electron chi connectivity index (χ2n) is 6.90. The molecule has 0 aliphatic carbocycles. The van der Waals surface area contributed by atoms with E-state index in [1.54, 1.807) is 31.3 Å². The SMILES string of the molecule is CN(C(=O)N[C@H]1C[C@@H](Cc2ccc(F)cc2)CCN1)c1cccc(C#N)c1. The molecule has 0 radical (unpaired) electrons. The first-order valence-electron chi connectivity index (χ1n) is 9.07. The number of hydrogen-bond donors (Lipinski definition) is 2. The summed E-state index contributed by atoms with van der Waals surface area (Å²) in [4.78, 5) is 14.1. The molecule has 2 aromatic carbocycles. The second kappa shape index (κ2) is 8.65. The number of halogens is 1. The smallest absolute Gasteiger partial charge is 0.322 e. The first-order valence-corrected chi connectivity index (χ1v) is 9.07. The molecule has 140 valence electrons. The molecule has 2 amide bonds. The number of benzene rings is 2. The van der Waals surface area contributed by atoms with Crippen molar-refractivity contribution in [1.29, 1.82) is 5.26 Å². The van der Waals surface area contributed by atoms with E-state index in [-0.39, 0.29) is 18.0 Å². The average molecular weight is 366 g/mol. The van der Waals surface area contributed by atoms with Gasteiger partial charge in [0.15, 0.2) is 0 Å². The first-order chi connectivity index (χ1) is 13.0. The molecule has 0 unspecified atom stereocenters. The molecule has 6 heteroatoms. The van der Waals surface area contributed by atoms with E-state index in [1.165, 1.54) is 17.0 Å². The number of hydrogen-bond acceptors (Lipinski definition) is 3. The Morgan fingerprint density at radius 2 is 2.11 bits per heavy atom. The number of carbonyl (C=O) groups is 1. The average Bonchev–Trinajstić information content (AvgIpc) is 2.69. The van der Waals surface area contributed by atoms with Gasteiger partial charge in [-0.1, -0.05) is 18.2 Å². The van der Waals surface area contributed by atoms with Crippen molar-refractivity contribution in [3.63, 3.8) is 0 Å². The van der Waals surface area contributed by atoms with E-state index in [0.29, 0.717) is 17.2 Å². The van der Waals surface area contributed by atoms with Crippen LogP contribution in [0.5, 0.6) is 0 Å². The highest BCUT2D eigenvalue weighted by atomic mass is 19.1. The van der Waals surface area contributed by atoms with Gasteiger partial charge in [0.1, 0.15) is 5.82 Å². The number of nitriles is 1. The molecular formula is C21H23FN4O. The number of anilines is 1. The van der Waals surface area contributed by atoms with Gasteiger partial charge < -0.3 is 5.32 Å². The minimum atomic E-state index is -0.224. The maximum Gasteiger partial charge on any atom is 0.322 e. The van der Waals surface area contributed by atoms with E-state index in [2.05, 4.69) is 16.7 Å². The van der Waals surface area contributed by atoms with Crippen LogP contribution in [0.15, 0.2) is 48.5 Å². The van der Waals surface area contributed by atoms with Gasteiger partial charge in [0.25, 0.3) is 0 Å². The summed E-state index contributed by atoms with van der Waals surface area (Å²) in [6.07, 6.45) is 2.59. The van der Waals surface area contributed by atoms with Crippen LogP contribution in [0.25, 0.3) is 0 Å². The molecule has 1 fully saturated rings. The molecule has 3 rings (SSSR count). The summed E-state index contributed by atoms with van der Waals surface area (Å²) in [6.45, 7) is 0.824. The normalized spacial score (nSPS) is 19.1. The van der Waals surface area contributed by atoms with Crippen molar-refractivity contribution < 1.29 is 9.18 Å². The van der Waals surface area contributed by atoms with E-state index < -0.39 is 0 Å². The maximum absolute atomic E-state index is 13.1. The fourth-order valence-corrected chi connectivity index (χ4v) is 3.39. The molecule has 1 heterocycles. The fraction of sp³-hybridized carbons (Fsp3) is 0.333. The van der Waals surface area contributed by atoms with Crippen LogP contribution in [0.4, 0.5) is 14.9 Å². The van der Waals surface area contributed by atoms with Crippen LogP contribution in [0.3, 0.4) is 0 Å². The monoisotopic (exact) mass is 366 g/mol. The van der Waals surface area contributed by atoms with Crippen LogP contribution in [-0.4, -0.2) is 25.8 Å². The van der Waals surface area contributed by atoms with Gasteiger partial charge in [0.2, 0.25) is 0 Å². The van der Waals surface area contributed by atoms with Gasteiger partial charge in [-0.25, -0.2) is 9.18 Å². The quantitative estimate of drug-likeness (QED) is 0.871. The molecule has 2 aromatic rings. The predicted octanol–water partition coefficient (Wildman–Crippen LogP) is 3.41. The predicted molar refractivity (Wildman–Crippen MR) is 103 cm³/mol. The van der Waals surface area contributed by atoms with E-state index in [4.69, 9.17) is 5.26 Å². The number of urea groups is 1. The van der Waals surface area contributed by atoms with Gasteiger partial charge in [0, 0.05) is 12.7 Å².